The lowest BCUT2D eigenvalue weighted by Crippen LogP contribution is -2.31. The third-order valence-electron chi connectivity index (χ3n) is 3.80. The molecule has 8 nitrogen and oxygen atoms in total. The monoisotopic (exact) mass is 371 g/mol. The van der Waals surface area contributed by atoms with E-state index in [1.54, 1.807) is 36.4 Å². The van der Waals surface area contributed by atoms with Crippen molar-refractivity contribution in [1.82, 2.24) is 5.32 Å². The number of nitrogens with one attached hydrogen (secondary N) is 1. The summed E-state index contributed by atoms with van der Waals surface area (Å²) in [4.78, 5) is 36.0. The lowest BCUT2D eigenvalue weighted by molar-refractivity contribution is -0.141. The van der Waals surface area contributed by atoms with Crippen molar-refractivity contribution in [3.63, 3.8) is 0 Å². The molecule has 27 heavy (non-hydrogen) atoms. The number of fused-ring (bicyclic) bond motifs is 1. The molecule has 0 unspecified atom stereocenters. The molecule has 0 bridgehead atoms. The van der Waals surface area contributed by atoms with Crippen LogP contribution in [0.2, 0.25) is 0 Å². The van der Waals surface area contributed by atoms with Crippen molar-refractivity contribution in [3.05, 3.63) is 53.6 Å². The summed E-state index contributed by atoms with van der Waals surface area (Å²) in [5.74, 6) is -0.184. The van der Waals surface area contributed by atoms with Gasteiger partial charge in [-0.3, -0.25) is 14.4 Å². The van der Waals surface area contributed by atoms with Crippen molar-refractivity contribution in [1.29, 1.82) is 0 Å². The van der Waals surface area contributed by atoms with Crippen LogP contribution in [0.5, 0.6) is 17.2 Å². The van der Waals surface area contributed by atoms with E-state index in [-0.39, 0.29) is 13.3 Å². The van der Waals surface area contributed by atoms with Gasteiger partial charge in [0, 0.05) is 5.56 Å². The quantitative estimate of drug-likeness (QED) is 0.582. The maximum atomic E-state index is 12.1. The van der Waals surface area contributed by atoms with Gasteiger partial charge in [0.25, 0.3) is 5.91 Å². The minimum Gasteiger partial charge on any atom is -0.496 e. The van der Waals surface area contributed by atoms with Crippen molar-refractivity contribution in [2.24, 2.45) is 0 Å². The van der Waals surface area contributed by atoms with E-state index in [4.69, 9.17) is 18.9 Å². The molecule has 1 N–H and O–H groups in total. The highest BCUT2D eigenvalue weighted by atomic mass is 16.7. The highest BCUT2D eigenvalue weighted by Crippen LogP contribution is 2.32. The zero-order valence-electron chi connectivity index (χ0n) is 14.5. The van der Waals surface area contributed by atoms with E-state index in [1.165, 1.54) is 13.2 Å². The Balaban J connectivity index is 1.48. The van der Waals surface area contributed by atoms with Gasteiger partial charge in [-0.2, -0.15) is 0 Å². The minimum absolute atomic E-state index is 0.105. The van der Waals surface area contributed by atoms with E-state index in [0.717, 1.165) is 0 Å². The number of Topliss-reactive ketones (excluding diaryl/α,β-unsaturated/α-hetero) is 1. The molecule has 0 radical (unpaired) electrons. The van der Waals surface area contributed by atoms with Crippen molar-refractivity contribution >= 4 is 17.7 Å². The summed E-state index contributed by atoms with van der Waals surface area (Å²) in [6.45, 7) is -0.706. The summed E-state index contributed by atoms with van der Waals surface area (Å²) in [6, 6.07) is 11.3. The van der Waals surface area contributed by atoms with E-state index in [9.17, 15) is 14.4 Å². The molecule has 1 amide bonds. The van der Waals surface area contributed by atoms with Gasteiger partial charge in [0.15, 0.2) is 23.9 Å². The lowest BCUT2D eigenvalue weighted by atomic mass is 10.1. The smallest absolute Gasteiger partial charge is 0.325 e. The van der Waals surface area contributed by atoms with Crippen LogP contribution in [0, 0.1) is 0 Å². The Kier molecular flexibility index (Phi) is 5.55. The topological polar surface area (TPSA) is 100 Å². The van der Waals surface area contributed by atoms with Crippen molar-refractivity contribution in [2.45, 2.75) is 0 Å². The van der Waals surface area contributed by atoms with E-state index in [1.807, 2.05) is 0 Å². The first-order valence-electron chi connectivity index (χ1n) is 8.08. The van der Waals surface area contributed by atoms with Gasteiger partial charge in [-0.05, 0) is 30.3 Å². The number of esters is 1. The van der Waals surface area contributed by atoms with Gasteiger partial charge in [-0.25, -0.2) is 0 Å². The number of benzene rings is 2. The van der Waals surface area contributed by atoms with Gasteiger partial charge in [-0.1, -0.05) is 12.1 Å². The van der Waals surface area contributed by atoms with E-state index in [2.05, 4.69) is 5.32 Å². The minimum atomic E-state index is -0.729. The number of carbonyl (C=O) groups excluding carboxylic acids is 3. The number of hydrogen-bond acceptors (Lipinski definition) is 7. The van der Waals surface area contributed by atoms with Crippen LogP contribution in [-0.2, 0) is 9.53 Å². The van der Waals surface area contributed by atoms with Crippen molar-refractivity contribution < 1.29 is 33.3 Å². The standard InChI is InChI=1S/C19H17NO7/c1-24-15-5-3-2-4-13(15)19(23)20-9-18(22)25-10-14(21)12-6-7-16-17(8-12)27-11-26-16/h2-8H,9-11H2,1H3,(H,20,23). The molecular weight excluding hydrogens is 354 g/mol. The van der Waals surface area contributed by atoms with Crippen molar-refractivity contribution in [2.75, 3.05) is 27.1 Å². The summed E-state index contributed by atoms with van der Waals surface area (Å²) in [6.07, 6.45) is 0. The van der Waals surface area contributed by atoms with E-state index >= 15 is 0 Å². The fourth-order valence-electron chi connectivity index (χ4n) is 2.43. The number of para-hydroxylation sites is 1. The zero-order chi connectivity index (χ0) is 19.2. The first kappa shape index (κ1) is 18.2. The van der Waals surface area contributed by atoms with Crippen LogP contribution in [0.4, 0.5) is 0 Å². The molecule has 0 fully saturated rings. The SMILES string of the molecule is COc1ccccc1C(=O)NCC(=O)OCC(=O)c1ccc2c(c1)OCO2. The fraction of sp³-hybridized carbons (Fsp3) is 0.211. The molecule has 3 rings (SSSR count). The molecule has 2 aromatic carbocycles. The number of ketones is 1. The number of amides is 1. The molecule has 1 aliphatic rings. The van der Waals surface area contributed by atoms with Gasteiger partial charge >= 0.3 is 5.97 Å². The second kappa shape index (κ2) is 8.22. The number of ether oxygens (including phenoxy) is 4. The summed E-state index contributed by atoms with van der Waals surface area (Å²) in [5, 5.41) is 2.43. The van der Waals surface area contributed by atoms with Gasteiger partial charge < -0.3 is 24.3 Å². The number of rotatable bonds is 7. The molecule has 0 atom stereocenters. The van der Waals surface area contributed by atoms with E-state index < -0.39 is 24.3 Å². The van der Waals surface area contributed by atoms with E-state index in [0.29, 0.717) is 28.4 Å². The van der Waals surface area contributed by atoms with Gasteiger partial charge in [0.05, 0.1) is 12.7 Å². The molecule has 0 aromatic heterocycles. The molecule has 1 aliphatic heterocycles. The zero-order valence-corrected chi connectivity index (χ0v) is 14.5. The highest BCUT2D eigenvalue weighted by Gasteiger charge is 2.18. The summed E-state index contributed by atoms with van der Waals surface area (Å²) >= 11 is 0. The maximum Gasteiger partial charge on any atom is 0.325 e. The Morgan fingerprint density at radius 1 is 1.07 bits per heavy atom. The van der Waals surface area contributed by atoms with Crippen LogP contribution in [0.3, 0.4) is 0 Å². The highest BCUT2D eigenvalue weighted by molar-refractivity contribution is 6.00. The molecule has 0 saturated carbocycles. The Labute approximate surface area is 155 Å². The molecule has 0 aliphatic carbocycles. The van der Waals surface area contributed by atoms with Gasteiger partial charge in [0.1, 0.15) is 12.3 Å². The molecule has 0 spiro atoms. The van der Waals surface area contributed by atoms with Crippen LogP contribution in [0.15, 0.2) is 42.5 Å². The number of hydrogen-bond donors (Lipinski definition) is 1. The number of methoxy groups -OCH3 is 1. The van der Waals surface area contributed by atoms with Crippen LogP contribution in [0.25, 0.3) is 0 Å². The Morgan fingerprint density at radius 3 is 2.67 bits per heavy atom. The molecule has 140 valence electrons. The largest absolute Gasteiger partial charge is 0.496 e. The predicted molar refractivity (Wildman–Crippen MR) is 93.2 cm³/mol. The fourth-order valence-corrected chi connectivity index (χ4v) is 2.43. The van der Waals surface area contributed by atoms with Crippen LogP contribution in [0.1, 0.15) is 20.7 Å². The molecule has 0 saturated heterocycles. The van der Waals surface area contributed by atoms with Gasteiger partial charge in [-0.15, -0.1) is 0 Å². The Hall–Kier alpha value is -3.55. The van der Waals surface area contributed by atoms with Crippen molar-refractivity contribution in [3.8, 4) is 17.2 Å². The van der Waals surface area contributed by atoms with Crippen LogP contribution < -0.4 is 19.5 Å². The van der Waals surface area contributed by atoms with Crippen LogP contribution in [-0.4, -0.2) is 44.7 Å². The molecule has 1 heterocycles. The molecular formula is C19H17NO7. The third kappa shape index (κ3) is 4.35. The second-order valence-electron chi connectivity index (χ2n) is 5.53. The maximum absolute atomic E-state index is 12.1. The first-order valence-corrected chi connectivity index (χ1v) is 8.08. The number of carbonyl (C=O) groups is 3. The predicted octanol–water partition coefficient (Wildman–Crippen LogP) is 1.58. The second-order valence-corrected chi connectivity index (χ2v) is 5.53. The molecule has 8 heteroatoms. The summed E-state index contributed by atoms with van der Waals surface area (Å²) in [7, 11) is 1.45. The summed E-state index contributed by atoms with van der Waals surface area (Å²) in [5.41, 5.74) is 0.634. The average molecular weight is 371 g/mol. The lowest BCUT2D eigenvalue weighted by Gasteiger charge is -2.09. The molecule has 2 aromatic rings. The normalized spacial score (nSPS) is 11.6. The first-order chi connectivity index (χ1) is 13.1. The third-order valence-corrected chi connectivity index (χ3v) is 3.80. The van der Waals surface area contributed by atoms with Gasteiger partial charge in [0.2, 0.25) is 6.79 Å². The summed E-state index contributed by atoms with van der Waals surface area (Å²) < 4.78 is 20.4. The average Bonchev–Trinajstić information content (AvgIpc) is 3.17. The Morgan fingerprint density at radius 2 is 1.85 bits per heavy atom. The van der Waals surface area contributed by atoms with Crippen LogP contribution >= 0.6 is 0 Å². The Bertz CT molecular complexity index is 878.